The SMILES string of the molecule is CCOc1ccc(OCC(=O)OCC(=O)Nc2ccc(C(=O)OC(C)C)cc2)cc1. The van der Waals surface area contributed by atoms with Gasteiger partial charge in [0.15, 0.2) is 13.2 Å². The molecule has 0 fully saturated rings. The number of hydrogen-bond donors (Lipinski definition) is 1. The lowest BCUT2D eigenvalue weighted by atomic mass is 10.2. The van der Waals surface area contributed by atoms with E-state index in [2.05, 4.69) is 5.32 Å². The molecule has 0 bridgehead atoms. The maximum Gasteiger partial charge on any atom is 0.344 e. The van der Waals surface area contributed by atoms with E-state index in [9.17, 15) is 14.4 Å². The number of benzene rings is 2. The molecule has 0 radical (unpaired) electrons. The molecular formula is C22H25NO7. The smallest absolute Gasteiger partial charge is 0.344 e. The van der Waals surface area contributed by atoms with Crippen LogP contribution < -0.4 is 14.8 Å². The molecule has 0 aliphatic rings. The maximum atomic E-state index is 11.9. The average molecular weight is 415 g/mol. The van der Waals surface area contributed by atoms with Crippen molar-refractivity contribution < 1.29 is 33.3 Å². The molecule has 0 aromatic heterocycles. The summed E-state index contributed by atoms with van der Waals surface area (Å²) in [6.07, 6.45) is -0.218. The Bertz CT molecular complexity index is 845. The minimum Gasteiger partial charge on any atom is -0.494 e. The van der Waals surface area contributed by atoms with Crippen LogP contribution in [-0.2, 0) is 19.1 Å². The molecule has 2 rings (SSSR count). The van der Waals surface area contributed by atoms with Gasteiger partial charge in [-0.2, -0.15) is 0 Å². The first-order valence-corrected chi connectivity index (χ1v) is 9.49. The van der Waals surface area contributed by atoms with Crippen molar-refractivity contribution in [3.63, 3.8) is 0 Å². The Morgan fingerprint density at radius 3 is 2.03 bits per heavy atom. The summed E-state index contributed by atoms with van der Waals surface area (Å²) in [6.45, 7) is 5.18. The van der Waals surface area contributed by atoms with Crippen molar-refractivity contribution in [3.8, 4) is 11.5 Å². The number of hydrogen-bond acceptors (Lipinski definition) is 7. The predicted octanol–water partition coefficient (Wildman–Crippen LogP) is 3.21. The normalized spacial score (nSPS) is 10.3. The van der Waals surface area contributed by atoms with Gasteiger partial charge in [0.1, 0.15) is 11.5 Å². The zero-order valence-corrected chi connectivity index (χ0v) is 17.2. The largest absolute Gasteiger partial charge is 0.494 e. The summed E-state index contributed by atoms with van der Waals surface area (Å²) in [5.74, 6) is -0.443. The van der Waals surface area contributed by atoms with Crippen molar-refractivity contribution in [3.05, 3.63) is 54.1 Å². The number of carbonyl (C=O) groups excluding carboxylic acids is 3. The van der Waals surface area contributed by atoms with Gasteiger partial charge >= 0.3 is 11.9 Å². The summed E-state index contributed by atoms with van der Waals surface area (Å²) in [5.41, 5.74) is 0.836. The van der Waals surface area contributed by atoms with E-state index < -0.39 is 24.5 Å². The Morgan fingerprint density at radius 1 is 0.867 bits per heavy atom. The number of carbonyl (C=O) groups is 3. The fourth-order valence-electron chi connectivity index (χ4n) is 2.30. The third kappa shape index (κ3) is 7.83. The molecule has 8 nitrogen and oxygen atoms in total. The van der Waals surface area contributed by atoms with Crippen LogP contribution in [0, 0.1) is 0 Å². The molecule has 1 amide bonds. The lowest BCUT2D eigenvalue weighted by molar-refractivity contribution is -0.149. The number of rotatable bonds is 10. The second kappa shape index (κ2) is 11.5. The highest BCUT2D eigenvalue weighted by Gasteiger charge is 2.11. The van der Waals surface area contributed by atoms with Gasteiger partial charge in [0.05, 0.1) is 18.3 Å². The molecule has 0 aliphatic carbocycles. The molecule has 0 atom stereocenters. The van der Waals surface area contributed by atoms with Crippen LogP contribution in [0.1, 0.15) is 31.1 Å². The number of nitrogens with one attached hydrogen (secondary N) is 1. The zero-order valence-electron chi connectivity index (χ0n) is 17.2. The fraction of sp³-hybridized carbons (Fsp3) is 0.318. The molecule has 0 heterocycles. The van der Waals surface area contributed by atoms with Crippen LogP contribution in [0.3, 0.4) is 0 Å². The Kier molecular flexibility index (Phi) is 8.68. The second-order valence-electron chi connectivity index (χ2n) is 6.43. The lowest BCUT2D eigenvalue weighted by Crippen LogP contribution is -2.23. The van der Waals surface area contributed by atoms with Gasteiger partial charge in [0.25, 0.3) is 5.91 Å². The number of anilines is 1. The lowest BCUT2D eigenvalue weighted by Gasteiger charge is -2.10. The second-order valence-corrected chi connectivity index (χ2v) is 6.43. The zero-order chi connectivity index (χ0) is 21.9. The van der Waals surface area contributed by atoms with Gasteiger partial charge in [-0.05, 0) is 69.3 Å². The highest BCUT2D eigenvalue weighted by Crippen LogP contribution is 2.17. The van der Waals surface area contributed by atoms with E-state index in [0.717, 1.165) is 0 Å². The Labute approximate surface area is 175 Å². The third-order valence-electron chi connectivity index (χ3n) is 3.60. The van der Waals surface area contributed by atoms with Gasteiger partial charge in [-0.1, -0.05) is 0 Å². The van der Waals surface area contributed by atoms with Gasteiger partial charge in [0, 0.05) is 5.69 Å². The van der Waals surface area contributed by atoms with Gasteiger partial charge in [0.2, 0.25) is 0 Å². The molecule has 0 aliphatic heterocycles. The first-order valence-electron chi connectivity index (χ1n) is 9.49. The average Bonchev–Trinajstić information content (AvgIpc) is 2.72. The van der Waals surface area contributed by atoms with Crippen LogP contribution in [0.5, 0.6) is 11.5 Å². The monoisotopic (exact) mass is 415 g/mol. The number of esters is 2. The van der Waals surface area contributed by atoms with Gasteiger partial charge < -0.3 is 24.3 Å². The van der Waals surface area contributed by atoms with Crippen molar-refractivity contribution in [1.29, 1.82) is 0 Å². The highest BCUT2D eigenvalue weighted by molar-refractivity contribution is 5.94. The van der Waals surface area contributed by atoms with E-state index in [1.807, 2.05) is 6.92 Å². The maximum absolute atomic E-state index is 11.9. The van der Waals surface area contributed by atoms with E-state index >= 15 is 0 Å². The third-order valence-corrected chi connectivity index (χ3v) is 3.60. The fourth-order valence-corrected chi connectivity index (χ4v) is 2.30. The summed E-state index contributed by atoms with van der Waals surface area (Å²) >= 11 is 0. The van der Waals surface area contributed by atoms with Crippen LogP contribution in [0.2, 0.25) is 0 Å². The summed E-state index contributed by atoms with van der Waals surface area (Å²) in [6, 6.07) is 13.0. The van der Waals surface area contributed by atoms with Crippen LogP contribution >= 0.6 is 0 Å². The number of amides is 1. The summed E-state index contributed by atoms with van der Waals surface area (Å²) in [5, 5.41) is 2.57. The molecule has 1 N–H and O–H groups in total. The van der Waals surface area contributed by atoms with Crippen molar-refractivity contribution in [2.75, 3.05) is 25.1 Å². The Hall–Kier alpha value is -3.55. The Morgan fingerprint density at radius 2 is 1.47 bits per heavy atom. The minimum absolute atomic E-state index is 0.218. The topological polar surface area (TPSA) is 100 Å². The molecule has 0 saturated heterocycles. The van der Waals surface area contributed by atoms with E-state index in [0.29, 0.717) is 29.4 Å². The Balaban J connectivity index is 1.72. The van der Waals surface area contributed by atoms with Gasteiger partial charge in [-0.15, -0.1) is 0 Å². The first-order chi connectivity index (χ1) is 14.4. The van der Waals surface area contributed by atoms with E-state index in [1.165, 1.54) is 12.1 Å². The molecule has 0 saturated carbocycles. The van der Waals surface area contributed by atoms with Crippen LogP contribution in [0.15, 0.2) is 48.5 Å². The molecule has 2 aromatic rings. The summed E-state index contributed by atoms with van der Waals surface area (Å²) < 4.78 is 20.6. The molecule has 30 heavy (non-hydrogen) atoms. The van der Waals surface area contributed by atoms with Crippen molar-refractivity contribution in [2.45, 2.75) is 26.9 Å². The molecule has 160 valence electrons. The quantitative estimate of drug-likeness (QED) is 0.595. The summed E-state index contributed by atoms with van der Waals surface area (Å²) in [4.78, 5) is 35.5. The van der Waals surface area contributed by atoms with Crippen LogP contribution in [0.4, 0.5) is 5.69 Å². The molecular weight excluding hydrogens is 390 g/mol. The van der Waals surface area contributed by atoms with E-state index in [1.54, 1.807) is 50.2 Å². The molecule has 0 spiro atoms. The van der Waals surface area contributed by atoms with E-state index in [4.69, 9.17) is 18.9 Å². The summed E-state index contributed by atoms with van der Waals surface area (Å²) in [7, 11) is 0. The van der Waals surface area contributed by atoms with Crippen LogP contribution in [0.25, 0.3) is 0 Å². The van der Waals surface area contributed by atoms with Crippen molar-refractivity contribution in [2.24, 2.45) is 0 Å². The highest BCUT2D eigenvalue weighted by atomic mass is 16.6. The number of ether oxygens (including phenoxy) is 4. The van der Waals surface area contributed by atoms with Crippen LogP contribution in [-0.4, -0.2) is 43.8 Å². The molecule has 2 aromatic carbocycles. The van der Waals surface area contributed by atoms with Crippen molar-refractivity contribution in [1.82, 2.24) is 0 Å². The van der Waals surface area contributed by atoms with Gasteiger partial charge in [-0.3, -0.25) is 4.79 Å². The standard InChI is InChI=1S/C22H25NO7/c1-4-27-18-9-11-19(12-10-18)28-14-21(25)29-13-20(24)23-17-7-5-16(6-8-17)22(26)30-15(2)3/h5-12,15H,4,13-14H2,1-3H3,(H,23,24). The van der Waals surface area contributed by atoms with Crippen molar-refractivity contribution >= 4 is 23.5 Å². The minimum atomic E-state index is -0.675. The van der Waals surface area contributed by atoms with Gasteiger partial charge in [-0.25, -0.2) is 9.59 Å². The molecule has 8 heteroatoms. The molecule has 0 unspecified atom stereocenters. The predicted molar refractivity (Wildman–Crippen MR) is 110 cm³/mol. The van der Waals surface area contributed by atoms with E-state index in [-0.39, 0.29) is 12.7 Å². The first kappa shape index (κ1) is 22.7.